The Bertz CT molecular complexity index is 1200. The summed E-state index contributed by atoms with van der Waals surface area (Å²) in [5.74, 6) is -0.945. The van der Waals surface area contributed by atoms with E-state index in [0.717, 1.165) is 0 Å². The van der Waals surface area contributed by atoms with E-state index in [1.807, 2.05) is 0 Å². The van der Waals surface area contributed by atoms with Crippen molar-refractivity contribution < 1.29 is 35.9 Å². The van der Waals surface area contributed by atoms with Gasteiger partial charge in [0.2, 0.25) is 5.91 Å². The van der Waals surface area contributed by atoms with Crippen molar-refractivity contribution in [3.8, 4) is 0 Å². The smallest absolute Gasteiger partial charge is 0.352 e. The van der Waals surface area contributed by atoms with Crippen molar-refractivity contribution in [2.45, 2.75) is 51.1 Å². The molecule has 2 heterocycles. The summed E-state index contributed by atoms with van der Waals surface area (Å²) in [5.41, 5.74) is 1.95. The number of aromatic amines is 1. The molecule has 3 aromatic rings. The second-order valence-corrected chi connectivity index (χ2v) is 7.85. The summed E-state index contributed by atoms with van der Waals surface area (Å²) in [6.07, 6.45) is -10.9. The van der Waals surface area contributed by atoms with Crippen molar-refractivity contribution in [1.29, 1.82) is 0 Å². The molecule has 1 aromatic carbocycles. The number of aromatic nitrogens is 4. The number of imidazole rings is 1. The fraction of sp³-hybridized carbons (Fsp3) is 0.429. The Hall–Kier alpha value is -3.58. The minimum Gasteiger partial charge on any atom is -0.352 e. The number of hydrogen-bond acceptors (Lipinski definition) is 4. The molecule has 0 aliphatic carbocycles. The molecule has 0 aliphatic rings. The average molecular weight is 504 g/mol. The second-order valence-electron chi connectivity index (χ2n) is 7.85. The third-order valence-electron chi connectivity index (χ3n) is 5.09. The van der Waals surface area contributed by atoms with Gasteiger partial charge in [-0.25, -0.2) is 4.98 Å². The maximum absolute atomic E-state index is 12.6. The predicted octanol–water partition coefficient (Wildman–Crippen LogP) is 3.68. The number of nitrogens with zero attached hydrogens (tertiary/aromatic N) is 3. The number of amides is 2. The fourth-order valence-electron chi connectivity index (χ4n) is 3.32. The highest BCUT2D eigenvalue weighted by atomic mass is 19.4. The summed E-state index contributed by atoms with van der Waals surface area (Å²) in [6.45, 7) is -0.00986. The molecule has 0 saturated heterocycles. The first-order chi connectivity index (χ1) is 16.3. The van der Waals surface area contributed by atoms with Crippen LogP contribution in [0.2, 0.25) is 0 Å². The molecule has 2 aromatic heterocycles. The zero-order valence-electron chi connectivity index (χ0n) is 18.5. The number of fused-ring (bicyclic) bond motifs is 1. The molecule has 0 fully saturated rings. The summed E-state index contributed by atoms with van der Waals surface area (Å²) in [5, 5.41) is 8.88. The van der Waals surface area contributed by atoms with E-state index >= 15 is 0 Å². The number of carbonyl (C=O) groups excluding carboxylic acids is 2. The van der Waals surface area contributed by atoms with Gasteiger partial charge in [0.15, 0.2) is 0 Å². The van der Waals surface area contributed by atoms with Crippen molar-refractivity contribution in [2.24, 2.45) is 7.05 Å². The maximum atomic E-state index is 12.6. The number of benzene rings is 1. The van der Waals surface area contributed by atoms with Gasteiger partial charge in [0, 0.05) is 26.4 Å². The molecule has 0 radical (unpaired) electrons. The van der Waals surface area contributed by atoms with Crippen LogP contribution in [0.1, 0.15) is 46.7 Å². The van der Waals surface area contributed by atoms with Gasteiger partial charge in [-0.2, -0.15) is 31.4 Å². The third kappa shape index (κ3) is 7.72. The number of aryl methyl sites for hydroxylation is 1. The van der Waals surface area contributed by atoms with Crippen LogP contribution in [0, 0.1) is 0 Å². The number of carbonyl (C=O) groups is 2. The van der Waals surface area contributed by atoms with Crippen molar-refractivity contribution in [2.75, 3.05) is 0 Å². The Morgan fingerprint density at radius 1 is 1.03 bits per heavy atom. The van der Waals surface area contributed by atoms with E-state index in [-0.39, 0.29) is 30.8 Å². The number of rotatable bonds is 9. The SMILES string of the molecule is Cn1ncc(C(=O)NCc2nc3ccc(CNC(=O)CCC(F)(F)F)cc3[nH]2)c1CCC(F)(F)F. The monoisotopic (exact) mass is 504 g/mol. The molecule has 0 aliphatic heterocycles. The topological polar surface area (TPSA) is 105 Å². The number of nitrogens with one attached hydrogen (secondary N) is 3. The van der Waals surface area contributed by atoms with Gasteiger partial charge in [-0.15, -0.1) is 0 Å². The largest absolute Gasteiger partial charge is 0.389 e. The number of halogens is 6. The quantitative estimate of drug-likeness (QED) is 0.387. The van der Waals surface area contributed by atoms with E-state index in [9.17, 15) is 35.9 Å². The number of H-pyrrole nitrogens is 1. The van der Waals surface area contributed by atoms with Gasteiger partial charge < -0.3 is 15.6 Å². The van der Waals surface area contributed by atoms with Crippen LogP contribution in [-0.2, 0) is 31.4 Å². The summed E-state index contributed by atoms with van der Waals surface area (Å²) in [6, 6.07) is 4.96. The molecule has 0 saturated carbocycles. The lowest BCUT2D eigenvalue weighted by molar-refractivity contribution is -0.144. The average Bonchev–Trinajstić information content (AvgIpc) is 3.34. The highest BCUT2D eigenvalue weighted by Crippen LogP contribution is 2.23. The Morgan fingerprint density at radius 2 is 1.74 bits per heavy atom. The number of hydrogen-bond donors (Lipinski definition) is 3. The molecule has 8 nitrogen and oxygen atoms in total. The Labute approximate surface area is 195 Å². The fourth-order valence-corrected chi connectivity index (χ4v) is 3.32. The van der Waals surface area contributed by atoms with Crippen molar-refractivity contribution in [1.82, 2.24) is 30.4 Å². The molecule has 14 heteroatoms. The molecule has 0 spiro atoms. The van der Waals surface area contributed by atoms with Crippen LogP contribution in [0.3, 0.4) is 0 Å². The normalized spacial score (nSPS) is 12.2. The lowest BCUT2D eigenvalue weighted by Crippen LogP contribution is -2.24. The molecule has 35 heavy (non-hydrogen) atoms. The van der Waals surface area contributed by atoms with Crippen LogP contribution < -0.4 is 10.6 Å². The lowest BCUT2D eigenvalue weighted by atomic mass is 10.1. The van der Waals surface area contributed by atoms with E-state index in [2.05, 4.69) is 25.7 Å². The molecule has 2 amide bonds. The highest BCUT2D eigenvalue weighted by molar-refractivity contribution is 5.95. The van der Waals surface area contributed by atoms with E-state index in [0.29, 0.717) is 22.4 Å². The summed E-state index contributed by atoms with van der Waals surface area (Å²) in [7, 11) is 1.46. The second kappa shape index (κ2) is 10.4. The molecule has 190 valence electrons. The molecule has 0 atom stereocenters. The van der Waals surface area contributed by atoms with Crippen LogP contribution in [0.25, 0.3) is 11.0 Å². The molecule has 0 bridgehead atoms. The molecule has 3 rings (SSSR count). The summed E-state index contributed by atoms with van der Waals surface area (Å²) >= 11 is 0. The zero-order chi connectivity index (χ0) is 25.8. The van der Waals surface area contributed by atoms with Crippen molar-refractivity contribution in [3.05, 3.63) is 47.0 Å². The summed E-state index contributed by atoms with van der Waals surface area (Å²) < 4.78 is 75.5. The first-order valence-corrected chi connectivity index (χ1v) is 10.5. The van der Waals surface area contributed by atoms with Gasteiger partial charge in [0.05, 0.1) is 41.5 Å². The van der Waals surface area contributed by atoms with Crippen LogP contribution in [0.15, 0.2) is 24.4 Å². The highest BCUT2D eigenvalue weighted by Gasteiger charge is 2.29. The third-order valence-corrected chi connectivity index (χ3v) is 5.09. The van der Waals surface area contributed by atoms with Gasteiger partial charge in [0.1, 0.15) is 5.82 Å². The van der Waals surface area contributed by atoms with Gasteiger partial charge in [-0.3, -0.25) is 14.3 Å². The van der Waals surface area contributed by atoms with E-state index < -0.39 is 43.4 Å². The Morgan fingerprint density at radius 3 is 2.43 bits per heavy atom. The maximum Gasteiger partial charge on any atom is 0.389 e. The summed E-state index contributed by atoms with van der Waals surface area (Å²) in [4.78, 5) is 31.4. The van der Waals surface area contributed by atoms with Crippen LogP contribution in [-0.4, -0.2) is 43.9 Å². The van der Waals surface area contributed by atoms with E-state index in [4.69, 9.17) is 0 Å². The molecular formula is C21H22F6N6O2. The zero-order valence-corrected chi connectivity index (χ0v) is 18.5. The minimum absolute atomic E-state index is 0.0272. The van der Waals surface area contributed by atoms with E-state index in [1.54, 1.807) is 18.2 Å². The van der Waals surface area contributed by atoms with Crippen LogP contribution in [0.5, 0.6) is 0 Å². The van der Waals surface area contributed by atoms with Crippen LogP contribution >= 0.6 is 0 Å². The predicted molar refractivity (Wildman–Crippen MR) is 112 cm³/mol. The standard InChI is InChI=1S/C21H22F6N6O2/c1-33-16(4-6-20(22,23)24)13(10-30-33)19(35)29-11-17-31-14-3-2-12(8-15(14)32-17)9-28-18(34)5-7-21(25,26)27/h2-3,8,10H,4-7,9,11H2,1H3,(H,28,34)(H,29,35)(H,31,32). The van der Waals surface area contributed by atoms with Gasteiger partial charge in [-0.05, 0) is 24.1 Å². The van der Waals surface area contributed by atoms with Crippen molar-refractivity contribution >= 4 is 22.8 Å². The Kier molecular flexibility index (Phi) is 7.70. The van der Waals surface area contributed by atoms with Gasteiger partial charge >= 0.3 is 12.4 Å². The Balaban J connectivity index is 1.58. The minimum atomic E-state index is -4.40. The first-order valence-electron chi connectivity index (χ1n) is 10.5. The van der Waals surface area contributed by atoms with Gasteiger partial charge in [0.25, 0.3) is 5.91 Å². The molecule has 3 N–H and O–H groups in total. The first kappa shape index (κ1) is 26.0. The van der Waals surface area contributed by atoms with E-state index in [1.165, 1.54) is 17.9 Å². The van der Waals surface area contributed by atoms with Crippen molar-refractivity contribution in [3.63, 3.8) is 0 Å². The lowest BCUT2D eigenvalue weighted by Gasteiger charge is -2.09. The molecular weight excluding hydrogens is 482 g/mol. The number of alkyl halides is 6. The molecule has 0 unspecified atom stereocenters. The van der Waals surface area contributed by atoms with Crippen LogP contribution in [0.4, 0.5) is 26.3 Å². The van der Waals surface area contributed by atoms with Gasteiger partial charge in [-0.1, -0.05) is 6.07 Å².